The van der Waals surface area contributed by atoms with Crippen LogP contribution in [0.1, 0.15) is 45.4 Å². The molecular weight excluding hydrogens is 430 g/mol. The summed E-state index contributed by atoms with van der Waals surface area (Å²) in [5.41, 5.74) is 5.91. The van der Waals surface area contributed by atoms with Crippen molar-refractivity contribution < 1.29 is 4.79 Å². The van der Waals surface area contributed by atoms with E-state index in [1.807, 2.05) is 35.7 Å². The molecule has 1 fully saturated rings. The molecule has 11 heteroatoms. The summed E-state index contributed by atoms with van der Waals surface area (Å²) in [4.78, 5) is 42.5. The fourth-order valence-corrected chi connectivity index (χ4v) is 4.92. The van der Waals surface area contributed by atoms with Gasteiger partial charge in [0.2, 0.25) is 5.91 Å². The van der Waals surface area contributed by atoms with Crippen molar-refractivity contribution >= 4 is 34.8 Å². The van der Waals surface area contributed by atoms with Crippen molar-refractivity contribution in [2.24, 2.45) is 0 Å². The maximum Gasteiger partial charge on any atom is 0.330 e. The number of nitrogens with two attached hydrogens (primary N) is 1. The van der Waals surface area contributed by atoms with Gasteiger partial charge in [-0.3, -0.25) is 23.5 Å². The van der Waals surface area contributed by atoms with E-state index < -0.39 is 11.2 Å². The Labute approximate surface area is 188 Å². The SMILES string of the molecule is CCCCn1c(N)c(N(C(=O)CSc2nnc3ccccn23)C2CCCC2)c(=O)[nH]c1=O. The minimum Gasteiger partial charge on any atom is -0.383 e. The van der Waals surface area contributed by atoms with Gasteiger partial charge in [0.25, 0.3) is 5.56 Å². The van der Waals surface area contributed by atoms with E-state index in [4.69, 9.17) is 5.73 Å². The lowest BCUT2D eigenvalue weighted by atomic mass is 10.2. The first-order valence-electron chi connectivity index (χ1n) is 10.9. The van der Waals surface area contributed by atoms with Crippen LogP contribution in [0.5, 0.6) is 0 Å². The molecule has 1 amide bonds. The number of hydrogen-bond acceptors (Lipinski definition) is 7. The summed E-state index contributed by atoms with van der Waals surface area (Å²) in [6.07, 6.45) is 6.97. The molecule has 0 aromatic carbocycles. The zero-order chi connectivity index (χ0) is 22.7. The average molecular weight is 458 g/mol. The summed E-state index contributed by atoms with van der Waals surface area (Å²) in [7, 11) is 0. The number of carbonyl (C=O) groups is 1. The van der Waals surface area contributed by atoms with Gasteiger partial charge in [-0.1, -0.05) is 44.0 Å². The van der Waals surface area contributed by atoms with Crippen LogP contribution in [0.2, 0.25) is 0 Å². The Morgan fingerprint density at radius 2 is 2.06 bits per heavy atom. The number of rotatable bonds is 8. The first kappa shape index (κ1) is 22.1. The van der Waals surface area contributed by atoms with Crippen molar-refractivity contribution in [1.29, 1.82) is 0 Å². The molecule has 1 aliphatic rings. The molecule has 0 bridgehead atoms. The molecule has 3 aromatic heterocycles. The number of aromatic nitrogens is 5. The van der Waals surface area contributed by atoms with Crippen molar-refractivity contribution in [3.05, 3.63) is 45.2 Å². The van der Waals surface area contributed by atoms with Crippen LogP contribution in [0, 0.1) is 0 Å². The number of nitrogens with zero attached hydrogens (tertiary/aromatic N) is 5. The van der Waals surface area contributed by atoms with Crippen LogP contribution in [0.4, 0.5) is 11.5 Å². The van der Waals surface area contributed by atoms with Gasteiger partial charge < -0.3 is 10.6 Å². The molecular formula is C21H27N7O3S. The van der Waals surface area contributed by atoms with Crippen molar-refractivity contribution in [2.75, 3.05) is 16.4 Å². The Hall–Kier alpha value is -3.08. The zero-order valence-corrected chi connectivity index (χ0v) is 18.8. The first-order chi connectivity index (χ1) is 15.5. The fraction of sp³-hybridized carbons (Fsp3) is 0.476. The molecule has 1 saturated carbocycles. The number of H-pyrrole nitrogens is 1. The lowest BCUT2D eigenvalue weighted by molar-refractivity contribution is -0.116. The van der Waals surface area contributed by atoms with Crippen molar-refractivity contribution in [3.63, 3.8) is 0 Å². The summed E-state index contributed by atoms with van der Waals surface area (Å²) in [6, 6.07) is 5.45. The number of carbonyl (C=O) groups excluding carboxylic acids is 1. The van der Waals surface area contributed by atoms with Crippen molar-refractivity contribution in [1.82, 2.24) is 24.1 Å². The highest BCUT2D eigenvalue weighted by atomic mass is 32.2. The van der Waals surface area contributed by atoms with E-state index >= 15 is 0 Å². The van der Waals surface area contributed by atoms with E-state index in [1.165, 1.54) is 21.2 Å². The van der Waals surface area contributed by atoms with Crippen molar-refractivity contribution in [3.8, 4) is 0 Å². The molecule has 1 aliphatic carbocycles. The largest absolute Gasteiger partial charge is 0.383 e. The number of aromatic amines is 1. The molecule has 0 aliphatic heterocycles. The van der Waals surface area contributed by atoms with Crippen LogP contribution in [0.3, 0.4) is 0 Å². The van der Waals surface area contributed by atoms with E-state index in [9.17, 15) is 14.4 Å². The summed E-state index contributed by atoms with van der Waals surface area (Å²) >= 11 is 1.26. The first-order valence-corrected chi connectivity index (χ1v) is 11.9. The second kappa shape index (κ2) is 9.60. The molecule has 3 heterocycles. The lowest BCUT2D eigenvalue weighted by Gasteiger charge is -2.29. The Kier molecular flexibility index (Phi) is 6.63. The van der Waals surface area contributed by atoms with Crippen LogP contribution in [0.15, 0.2) is 39.1 Å². The molecule has 3 N–H and O–H groups in total. The number of unbranched alkanes of at least 4 members (excludes halogenated alkanes) is 1. The number of amides is 1. The Morgan fingerprint density at radius 3 is 2.81 bits per heavy atom. The summed E-state index contributed by atoms with van der Waals surface area (Å²) in [5.74, 6) is -0.128. The highest BCUT2D eigenvalue weighted by Gasteiger charge is 2.32. The number of fused-ring (bicyclic) bond motifs is 1. The quantitative estimate of drug-likeness (QED) is 0.495. The Bertz CT molecular complexity index is 1230. The second-order valence-corrected chi connectivity index (χ2v) is 8.84. The third-order valence-electron chi connectivity index (χ3n) is 5.76. The number of pyridine rings is 1. The fourth-order valence-electron chi connectivity index (χ4n) is 4.14. The van der Waals surface area contributed by atoms with Crippen LogP contribution < -0.4 is 21.9 Å². The third-order valence-corrected chi connectivity index (χ3v) is 6.68. The monoisotopic (exact) mass is 457 g/mol. The Balaban J connectivity index is 1.66. The lowest BCUT2D eigenvalue weighted by Crippen LogP contribution is -2.46. The van der Waals surface area contributed by atoms with E-state index in [2.05, 4.69) is 15.2 Å². The number of nitrogen functional groups attached to an aromatic ring is 1. The van der Waals surface area contributed by atoms with E-state index in [0.717, 1.165) is 38.5 Å². The molecule has 0 saturated heterocycles. The third kappa shape index (κ3) is 4.29. The predicted octanol–water partition coefficient (Wildman–Crippen LogP) is 2.03. The van der Waals surface area contributed by atoms with Crippen LogP contribution >= 0.6 is 11.8 Å². The minimum absolute atomic E-state index is 0.0466. The van der Waals surface area contributed by atoms with Gasteiger partial charge in [-0.25, -0.2) is 4.79 Å². The summed E-state index contributed by atoms with van der Waals surface area (Å²) < 4.78 is 3.17. The smallest absolute Gasteiger partial charge is 0.330 e. The number of hydrogen-bond donors (Lipinski definition) is 2. The molecule has 3 aromatic rings. The van der Waals surface area contributed by atoms with E-state index in [1.54, 1.807) is 0 Å². The average Bonchev–Trinajstić information content (AvgIpc) is 3.45. The topological polar surface area (TPSA) is 131 Å². The van der Waals surface area contributed by atoms with Crippen LogP contribution in [-0.2, 0) is 11.3 Å². The second-order valence-electron chi connectivity index (χ2n) is 7.90. The van der Waals surface area contributed by atoms with E-state index in [0.29, 0.717) is 17.3 Å². The highest BCUT2D eigenvalue weighted by molar-refractivity contribution is 7.99. The van der Waals surface area contributed by atoms with E-state index in [-0.39, 0.29) is 29.2 Å². The van der Waals surface area contributed by atoms with Crippen LogP contribution in [0.25, 0.3) is 5.65 Å². The molecule has 10 nitrogen and oxygen atoms in total. The molecule has 4 rings (SSSR count). The van der Waals surface area contributed by atoms with Crippen molar-refractivity contribution in [2.45, 2.75) is 63.2 Å². The van der Waals surface area contributed by atoms with Crippen LogP contribution in [-0.4, -0.2) is 41.9 Å². The summed E-state index contributed by atoms with van der Waals surface area (Å²) in [5, 5.41) is 8.86. The van der Waals surface area contributed by atoms with Gasteiger partial charge >= 0.3 is 5.69 Å². The standard InChI is InChI=1S/C21H27N7O3S/c1-2-3-11-27-18(22)17(19(30)23-20(27)31)28(14-8-4-5-9-14)16(29)13-32-21-25-24-15-10-6-7-12-26(15)21/h6-7,10,12,14H,2-5,8-9,11,13,22H2,1H3,(H,23,30,31). The zero-order valence-electron chi connectivity index (χ0n) is 18.0. The van der Waals surface area contributed by atoms with Gasteiger partial charge in [-0.05, 0) is 31.4 Å². The number of thioether (sulfide) groups is 1. The van der Waals surface area contributed by atoms with Gasteiger partial charge in [-0.15, -0.1) is 10.2 Å². The van der Waals surface area contributed by atoms with Gasteiger partial charge in [0.05, 0.1) is 5.75 Å². The maximum atomic E-state index is 13.4. The Morgan fingerprint density at radius 1 is 1.28 bits per heavy atom. The summed E-state index contributed by atoms with van der Waals surface area (Å²) in [6.45, 7) is 2.39. The maximum absolute atomic E-state index is 13.4. The van der Waals surface area contributed by atoms with Gasteiger partial charge in [0, 0.05) is 18.8 Å². The molecule has 32 heavy (non-hydrogen) atoms. The van der Waals surface area contributed by atoms with Gasteiger partial charge in [0.15, 0.2) is 16.5 Å². The minimum atomic E-state index is -0.626. The van der Waals surface area contributed by atoms with Gasteiger partial charge in [0.1, 0.15) is 5.82 Å². The van der Waals surface area contributed by atoms with Gasteiger partial charge in [-0.2, -0.15) is 0 Å². The highest BCUT2D eigenvalue weighted by Crippen LogP contribution is 2.30. The predicted molar refractivity (Wildman–Crippen MR) is 124 cm³/mol. The molecule has 0 unspecified atom stereocenters. The molecule has 0 spiro atoms. The number of anilines is 2. The molecule has 0 radical (unpaired) electrons. The molecule has 170 valence electrons. The normalized spacial score (nSPS) is 14.3. The molecule has 0 atom stereocenters. The number of nitrogens with one attached hydrogen (secondary N) is 1.